The third-order valence-electron chi connectivity index (χ3n) is 4.77. The van der Waals surface area contributed by atoms with Crippen LogP contribution in [0.25, 0.3) is 0 Å². The normalized spacial score (nSPS) is 12.1. The Labute approximate surface area is 142 Å². The van der Waals surface area contributed by atoms with Crippen molar-refractivity contribution in [1.29, 1.82) is 0 Å². The predicted molar refractivity (Wildman–Crippen MR) is 101 cm³/mol. The van der Waals surface area contributed by atoms with Crippen molar-refractivity contribution >= 4 is 22.2 Å². The van der Waals surface area contributed by atoms with E-state index in [1.807, 2.05) is 6.20 Å². The number of aromatic nitrogens is 2. The average Bonchev–Trinajstić information content (AvgIpc) is 2.54. The van der Waals surface area contributed by atoms with Crippen LogP contribution in [-0.2, 0) is 0 Å². The van der Waals surface area contributed by atoms with Crippen molar-refractivity contribution in [2.45, 2.75) is 92.4 Å². The molecule has 0 atom stereocenters. The summed E-state index contributed by atoms with van der Waals surface area (Å²) in [7, 11) is 0. The van der Waals surface area contributed by atoms with E-state index in [-0.39, 0.29) is 0 Å². The second kappa shape index (κ2) is 10.6. The molecule has 0 unspecified atom stereocenters. The molecular weight excluding hydrogens is 375 g/mol. The van der Waals surface area contributed by atoms with Gasteiger partial charge >= 0.3 is 143 Å². The van der Waals surface area contributed by atoms with Crippen LogP contribution in [0.2, 0.25) is 13.3 Å². The van der Waals surface area contributed by atoms with Gasteiger partial charge in [0.2, 0.25) is 0 Å². The van der Waals surface area contributed by atoms with Gasteiger partial charge in [0.15, 0.2) is 0 Å². The average molecular weight is 411 g/mol. The minimum absolute atomic E-state index is 0.509. The summed E-state index contributed by atoms with van der Waals surface area (Å²) in [6.07, 6.45) is 10.1. The molecule has 0 saturated carbocycles. The van der Waals surface area contributed by atoms with Gasteiger partial charge in [0.05, 0.1) is 0 Å². The number of unbranched alkanes of at least 4 members (excludes halogenated alkanes) is 3. The summed E-state index contributed by atoms with van der Waals surface area (Å²) in [4.78, 5) is 9.92. The van der Waals surface area contributed by atoms with Gasteiger partial charge < -0.3 is 0 Å². The Kier molecular flexibility index (Phi) is 9.61. The third kappa shape index (κ3) is 5.82. The summed E-state index contributed by atoms with van der Waals surface area (Å²) in [5.41, 5.74) is 1.25. The summed E-state index contributed by atoms with van der Waals surface area (Å²) in [6.45, 7) is 11.5. The molecule has 1 aromatic heterocycles. The molecule has 0 amide bonds. The van der Waals surface area contributed by atoms with E-state index in [0.717, 1.165) is 0 Å². The maximum absolute atomic E-state index is 5.09. The van der Waals surface area contributed by atoms with Gasteiger partial charge in [-0.15, -0.1) is 0 Å². The molecule has 0 saturated heterocycles. The second-order valence-electron chi connectivity index (χ2n) is 7.05. The molecule has 0 aliphatic rings. The SMILES string of the molecule is CCC[CH2][Sn]([CH2]CCC)([CH2]CCC)[c]1nccc(C(C)C)n1. The summed E-state index contributed by atoms with van der Waals surface area (Å²) in [5, 5.41) is 0. The molecule has 0 spiro atoms. The van der Waals surface area contributed by atoms with Crippen LogP contribution in [0, 0.1) is 0 Å². The van der Waals surface area contributed by atoms with Gasteiger partial charge in [-0.25, -0.2) is 0 Å². The topological polar surface area (TPSA) is 25.8 Å². The van der Waals surface area contributed by atoms with Crippen molar-refractivity contribution in [2.24, 2.45) is 0 Å². The van der Waals surface area contributed by atoms with E-state index in [1.54, 1.807) is 0 Å². The van der Waals surface area contributed by atoms with Gasteiger partial charge in [-0.2, -0.15) is 0 Å². The Bertz CT molecular complexity index is 396. The molecule has 0 aromatic carbocycles. The molecule has 1 heterocycles. The molecule has 22 heavy (non-hydrogen) atoms. The summed E-state index contributed by atoms with van der Waals surface area (Å²) >= 11 is -2.42. The fraction of sp³-hybridized carbons (Fsp3) is 0.789. The van der Waals surface area contributed by atoms with Crippen molar-refractivity contribution in [2.75, 3.05) is 0 Å². The third-order valence-corrected chi connectivity index (χ3v) is 19.4. The number of rotatable bonds is 11. The van der Waals surface area contributed by atoms with Gasteiger partial charge in [0.1, 0.15) is 0 Å². The minimum atomic E-state index is -2.42. The zero-order chi connectivity index (χ0) is 16.4. The molecule has 0 aliphatic carbocycles. The van der Waals surface area contributed by atoms with E-state index in [2.05, 4.69) is 40.7 Å². The molecule has 126 valence electrons. The molecule has 2 nitrogen and oxygen atoms in total. The van der Waals surface area contributed by atoms with Crippen LogP contribution in [0.3, 0.4) is 0 Å². The molecule has 0 radical (unpaired) electrons. The Balaban J connectivity index is 3.15. The van der Waals surface area contributed by atoms with Crippen LogP contribution < -0.4 is 3.84 Å². The Morgan fingerprint density at radius 2 is 1.41 bits per heavy atom. The van der Waals surface area contributed by atoms with Gasteiger partial charge in [-0.05, 0) is 0 Å². The van der Waals surface area contributed by atoms with Crippen molar-refractivity contribution in [1.82, 2.24) is 9.97 Å². The molecular formula is C19H36N2Sn. The van der Waals surface area contributed by atoms with Crippen LogP contribution in [0.4, 0.5) is 0 Å². The molecule has 0 bridgehead atoms. The first kappa shape index (κ1) is 19.9. The number of hydrogen-bond acceptors (Lipinski definition) is 2. The monoisotopic (exact) mass is 412 g/mol. The first-order chi connectivity index (χ1) is 10.6. The molecule has 3 heteroatoms. The Hall–Kier alpha value is -0.121. The van der Waals surface area contributed by atoms with Crippen molar-refractivity contribution < 1.29 is 0 Å². The predicted octanol–water partition coefficient (Wildman–Crippen LogP) is 5.66. The van der Waals surface area contributed by atoms with Gasteiger partial charge in [0.25, 0.3) is 0 Å². The molecule has 0 fully saturated rings. The van der Waals surface area contributed by atoms with Crippen LogP contribution in [-0.4, -0.2) is 28.3 Å². The van der Waals surface area contributed by atoms with Gasteiger partial charge in [-0.3, -0.25) is 0 Å². The van der Waals surface area contributed by atoms with Crippen molar-refractivity contribution in [3.8, 4) is 0 Å². The van der Waals surface area contributed by atoms with Crippen LogP contribution >= 0.6 is 0 Å². The summed E-state index contributed by atoms with van der Waals surface area (Å²) in [5.74, 6) is 0.509. The maximum atomic E-state index is 5.09. The number of nitrogens with zero attached hydrogens (tertiary/aromatic N) is 2. The van der Waals surface area contributed by atoms with E-state index in [1.165, 1.54) is 61.4 Å². The number of hydrogen-bond donors (Lipinski definition) is 0. The molecule has 1 rings (SSSR count). The molecule has 1 aromatic rings. The first-order valence-corrected chi connectivity index (χ1v) is 16.9. The van der Waals surface area contributed by atoms with Gasteiger partial charge in [0, 0.05) is 0 Å². The first-order valence-electron chi connectivity index (χ1n) is 9.43. The Morgan fingerprint density at radius 1 is 0.909 bits per heavy atom. The standard InChI is InChI=1S/C7H9N2.3C4H9.Sn/c1-6(2)7-3-4-8-5-9-7;3*1-3-4-2;/h3-4,6H,1-2H3;3*1,3-4H2,2H3;. The fourth-order valence-corrected chi connectivity index (χ4v) is 18.1. The zero-order valence-electron chi connectivity index (χ0n) is 15.5. The Morgan fingerprint density at radius 3 is 1.82 bits per heavy atom. The van der Waals surface area contributed by atoms with Crippen molar-refractivity contribution in [3.05, 3.63) is 18.0 Å². The van der Waals surface area contributed by atoms with Gasteiger partial charge in [-0.1, -0.05) is 0 Å². The molecule has 0 N–H and O–H groups in total. The van der Waals surface area contributed by atoms with Crippen LogP contribution in [0.1, 0.15) is 84.8 Å². The van der Waals surface area contributed by atoms with Crippen LogP contribution in [0.15, 0.2) is 12.3 Å². The van der Waals surface area contributed by atoms with Crippen LogP contribution in [0.5, 0.6) is 0 Å². The zero-order valence-corrected chi connectivity index (χ0v) is 18.3. The fourth-order valence-electron chi connectivity index (χ4n) is 3.21. The summed E-state index contributed by atoms with van der Waals surface area (Å²) in [6, 6.07) is 2.12. The van der Waals surface area contributed by atoms with E-state index in [4.69, 9.17) is 9.97 Å². The van der Waals surface area contributed by atoms with E-state index in [0.29, 0.717) is 5.92 Å². The van der Waals surface area contributed by atoms with E-state index in [9.17, 15) is 0 Å². The summed E-state index contributed by atoms with van der Waals surface area (Å²) < 4.78 is 5.68. The van der Waals surface area contributed by atoms with Crippen molar-refractivity contribution in [3.63, 3.8) is 0 Å². The quantitative estimate of drug-likeness (QED) is 0.440. The van der Waals surface area contributed by atoms with E-state index < -0.39 is 18.4 Å². The second-order valence-corrected chi connectivity index (χ2v) is 19.9. The van der Waals surface area contributed by atoms with E-state index >= 15 is 0 Å². The molecule has 0 aliphatic heterocycles.